The minimum atomic E-state index is -4.56. The van der Waals surface area contributed by atoms with E-state index in [4.69, 9.17) is 0 Å². The lowest BCUT2D eigenvalue weighted by Gasteiger charge is -2.29. The lowest BCUT2D eigenvalue weighted by atomic mass is 9.76. The summed E-state index contributed by atoms with van der Waals surface area (Å²) >= 11 is 0. The quantitative estimate of drug-likeness (QED) is 0.538. The Labute approximate surface area is 190 Å². The third kappa shape index (κ3) is 6.00. The maximum Gasteiger partial charge on any atom is 0.433 e. The van der Waals surface area contributed by atoms with Gasteiger partial charge in [-0.3, -0.25) is 9.78 Å². The summed E-state index contributed by atoms with van der Waals surface area (Å²) in [6.45, 7) is 4.00. The predicted octanol–water partition coefficient (Wildman–Crippen LogP) is 5.54. The van der Waals surface area contributed by atoms with E-state index in [-0.39, 0.29) is 23.6 Å². The van der Waals surface area contributed by atoms with Crippen LogP contribution in [0.15, 0.2) is 58.1 Å². The van der Waals surface area contributed by atoms with Crippen LogP contribution >= 0.6 is 0 Å². The Bertz CT molecular complexity index is 1160. The number of nitrogens with zero attached hydrogens (tertiary/aromatic N) is 1. The molecule has 0 saturated heterocycles. The number of alkyl halides is 3. The lowest BCUT2D eigenvalue weighted by molar-refractivity contribution is -0.141. The fourth-order valence-corrected chi connectivity index (χ4v) is 4.41. The van der Waals surface area contributed by atoms with Crippen molar-refractivity contribution in [3.63, 3.8) is 0 Å². The molecule has 4 rings (SSSR count). The topological polar surface area (TPSA) is 78.6 Å². The summed E-state index contributed by atoms with van der Waals surface area (Å²) in [5, 5.41) is 0. The molecule has 1 fully saturated rings. The van der Waals surface area contributed by atoms with Crippen molar-refractivity contribution in [2.45, 2.75) is 64.0 Å². The van der Waals surface area contributed by atoms with Crippen molar-refractivity contribution >= 4 is 0 Å². The Morgan fingerprint density at radius 3 is 2.15 bits per heavy atom. The molecular formula is C25H28F3N3O2. The molecule has 33 heavy (non-hydrogen) atoms. The monoisotopic (exact) mass is 459 g/mol. The molecule has 2 N–H and O–H groups in total. The van der Waals surface area contributed by atoms with E-state index in [1.54, 1.807) is 0 Å². The van der Waals surface area contributed by atoms with Gasteiger partial charge in [0.2, 0.25) is 0 Å². The maximum atomic E-state index is 13.0. The predicted molar refractivity (Wildman–Crippen MR) is 121 cm³/mol. The number of pyridine rings is 1. The average Bonchev–Trinajstić information content (AvgIpc) is 2.82. The van der Waals surface area contributed by atoms with Gasteiger partial charge in [0.15, 0.2) is 0 Å². The summed E-state index contributed by atoms with van der Waals surface area (Å²) in [6, 6.07) is 13.8. The number of hydrogen-bond donors (Lipinski definition) is 2. The van der Waals surface area contributed by atoms with Crippen LogP contribution in [0, 0.1) is 0 Å². The first-order valence-corrected chi connectivity index (χ1v) is 11.2. The number of nitrogens with one attached hydrogen (secondary N) is 2. The highest BCUT2D eigenvalue weighted by molar-refractivity contribution is 5.28. The molecule has 0 unspecified atom stereocenters. The first-order valence-electron chi connectivity index (χ1n) is 11.2. The molecule has 5 nitrogen and oxygen atoms in total. The van der Waals surface area contributed by atoms with Gasteiger partial charge in [-0.25, -0.2) is 9.78 Å². The van der Waals surface area contributed by atoms with Crippen molar-refractivity contribution in [1.82, 2.24) is 15.0 Å². The zero-order valence-corrected chi connectivity index (χ0v) is 18.7. The van der Waals surface area contributed by atoms with E-state index in [1.807, 2.05) is 32.0 Å². The van der Waals surface area contributed by atoms with Gasteiger partial charge in [-0.15, -0.1) is 0 Å². The number of rotatable bonds is 4. The second-order valence-electron chi connectivity index (χ2n) is 7.95. The van der Waals surface area contributed by atoms with Gasteiger partial charge in [0.25, 0.3) is 5.56 Å². The number of aromatic amines is 2. The Hall–Kier alpha value is -3.16. The molecule has 0 spiro atoms. The molecule has 0 atom stereocenters. The van der Waals surface area contributed by atoms with Crippen molar-refractivity contribution < 1.29 is 13.2 Å². The van der Waals surface area contributed by atoms with Gasteiger partial charge in [0.1, 0.15) is 5.69 Å². The van der Waals surface area contributed by atoms with Crippen LogP contribution < -0.4 is 11.2 Å². The summed E-state index contributed by atoms with van der Waals surface area (Å²) in [6.07, 6.45) is -1.27. The van der Waals surface area contributed by atoms with Crippen molar-refractivity contribution in [1.29, 1.82) is 0 Å². The third-order valence-electron chi connectivity index (χ3n) is 5.94. The smallest absolute Gasteiger partial charge is 0.311 e. The molecule has 2 aromatic heterocycles. The summed E-state index contributed by atoms with van der Waals surface area (Å²) in [4.78, 5) is 33.1. The third-order valence-corrected chi connectivity index (χ3v) is 5.94. The van der Waals surface area contributed by atoms with Gasteiger partial charge >= 0.3 is 11.9 Å². The number of aromatic nitrogens is 3. The van der Waals surface area contributed by atoms with Crippen LogP contribution in [0.1, 0.15) is 79.6 Å². The molecule has 8 heteroatoms. The van der Waals surface area contributed by atoms with Crippen molar-refractivity contribution in [2.75, 3.05) is 0 Å². The molecule has 1 aromatic carbocycles. The van der Waals surface area contributed by atoms with E-state index in [0.717, 1.165) is 31.7 Å². The molecule has 1 aliphatic rings. The Balaban J connectivity index is 0.00000149. The molecule has 0 amide bonds. The Kier molecular flexibility index (Phi) is 7.89. The van der Waals surface area contributed by atoms with Crippen LogP contribution in [0.3, 0.4) is 0 Å². The fourth-order valence-electron chi connectivity index (χ4n) is 4.41. The highest BCUT2D eigenvalue weighted by atomic mass is 19.4. The molecule has 1 aliphatic carbocycles. The molecule has 0 radical (unpaired) electrons. The summed E-state index contributed by atoms with van der Waals surface area (Å²) in [7, 11) is 0. The zero-order valence-electron chi connectivity index (χ0n) is 18.7. The second kappa shape index (κ2) is 10.6. The van der Waals surface area contributed by atoms with E-state index in [2.05, 4.69) is 27.1 Å². The van der Waals surface area contributed by atoms with E-state index in [0.29, 0.717) is 11.6 Å². The maximum absolute atomic E-state index is 13.0. The van der Waals surface area contributed by atoms with Gasteiger partial charge in [-0.05, 0) is 55.2 Å². The first-order chi connectivity index (χ1) is 15.8. The van der Waals surface area contributed by atoms with Crippen molar-refractivity contribution in [3.05, 3.63) is 97.6 Å². The highest BCUT2D eigenvalue weighted by Crippen LogP contribution is 2.40. The minimum Gasteiger partial charge on any atom is -0.311 e. The van der Waals surface area contributed by atoms with Gasteiger partial charge < -0.3 is 4.98 Å². The number of halogens is 3. The number of benzene rings is 1. The molecule has 1 saturated carbocycles. The Morgan fingerprint density at radius 1 is 0.879 bits per heavy atom. The molecular weight excluding hydrogens is 431 g/mol. The van der Waals surface area contributed by atoms with Crippen LogP contribution in [-0.2, 0) is 12.6 Å². The van der Waals surface area contributed by atoms with Crippen LogP contribution in [0.4, 0.5) is 13.2 Å². The van der Waals surface area contributed by atoms with Gasteiger partial charge in [0, 0.05) is 23.4 Å². The van der Waals surface area contributed by atoms with Crippen LogP contribution in [0.5, 0.6) is 0 Å². The molecule has 0 bridgehead atoms. The SMILES string of the molecule is CC.O=c1[nH]c(C2CCC(c3ccccc3)CC2)c(Cc2cccc(C(F)(F)F)n2)c(=O)[nH]1. The second-order valence-corrected chi connectivity index (χ2v) is 7.95. The zero-order chi connectivity index (χ0) is 24.0. The van der Waals surface area contributed by atoms with Gasteiger partial charge in [0.05, 0.1) is 0 Å². The van der Waals surface area contributed by atoms with Crippen LogP contribution in [0.2, 0.25) is 0 Å². The Morgan fingerprint density at radius 2 is 1.52 bits per heavy atom. The fraction of sp³-hybridized carbons (Fsp3) is 0.400. The lowest BCUT2D eigenvalue weighted by Crippen LogP contribution is -2.30. The van der Waals surface area contributed by atoms with Crippen LogP contribution in [-0.4, -0.2) is 15.0 Å². The number of hydrogen-bond acceptors (Lipinski definition) is 3. The van der Waals surface area contributed by atoms with E-state index in [1.165, 1.54) is 17.7 Å². The van der Waals surface area contributed by atoms with Crippen molar-refractivity contribution in [3.8, 4) is 0 Å². The van der Waals surface area contributed by atoms with Gasteiger partial charge in [-0.1, -0.05) is 50.2 Å². The summed E-state index contributed by atoms with van der Waals surface area (Å²) in [5.74, 6) is 0.385. The molecule has 3 aromatic rings. The number of H-pyrrole nitrogens is 2. The minimum absolute atomic E-state index is 0.0317. The van der Waals surface area contributed by atoms with Gasteiger partial charge in [-0.2, -0.15) is 13.2 Å². The standard InChI is InChI=1S/C23H22F3N3O2.C2H6/c24-23(25,26)19-8-4-7-17(27-19)13-18-20(28-22(31)29-21(18)30)16-11-9-15(10-12-16)14-5-2-1-3-6-14;1-2/h1-8,15-16H,9-13H2,(H2,28,29,30,31);1-2H3. The van der Waals surface area contributed by atoms with E-state index < -0.39 is 23.1 Å². The average molecular weight is 460 g/mol. The highest BCUT2D eigenvalue weighted by Gasteiger charge is 2.33. The molecule has 0 aliphatic heterocycles. The summed E-state index contributed by atoms with van der Waals surface area (Å²) < 4.78 is 39.0. The first kappa shape index (κ1) is 24.5. The van der Waals surface area contributed by atoms with Crippen LogP contribution in [0.25, 0.3) is 0 Å². The summed E-state index contributed by atoms with van der Waals surface area (Å²) in [5.41, 5.74) is -0.000697. The van der Waals surface area contributed by atoms with E-state index >= 15 is 0 Å². The molecule has 2 heterocycles. The van der Waals surface area contributed by atoms with Crippen molar-refractivity contribution in [2.24, 2.45) is 0 Å². The molecule has 176 valence electrons. The van der Waals surface area contributed by atoms with E-state index in [9.17, 15) is 22.8 Å². The largest absolute Gasteiger partial charge is 0.433 e. The normalized spacial score (nSPS) is 18.3.